The number of benzene rings is 4. The number of methoxy groups -OCH3 is 1. The fraction of sp³-hybridized carbons (Fsp3) is 0.586. The molecule has 2 bridgehead atoms. The second-order valence-corrected chi connectivity index (χ2v) is 24.7. The van der Waals surface area contributed by atoms with Gasteiger partial charge in [0.15, 0.2) is 17.3 Å². The number of aromatic hydroxyl groups is 2. The highest BCUT2D eigenvalue weighted by Crippen LogP contribution is 2.55. The molecule has 11 rings (SSSR count). The number of aryl methyl sites for hydroxylation is 1. The summed E-state index contributed by atoms with van der Waals surface area (Å²) in [7, 11) is 4.87. The summed E-state index contributed by atoms with van der Waals surface area (Å²) in [5.41, 5.74) is 7.30. The van der Waals surface area contributed by atoms with Crippen LogP contribution in [0.1, 0.15) is 168 Å². The number of Topliss-reactive ketones (excluding diaryl/α,β-unsaturated/α-hetero) is 2. The summed E-state index contributed by atoms with van der Waals surface area (Å²) < 4.78 is 13.5. The Hall–Kier alpha value is -3.86. The Labute approximate surface area is 431 Å². The molecule has 388 valence electrons. The van der Waals surface area contributed by atoms with Crippen molar-refractivity contribution in [1.29, 1.82) is 0 Å². The molecule has 2 fully saturated rings. The van der Waals surface area contributed by atoms with Gasteiger partial charge >= 0.3 is 0 Å². The van der Waals surface area contributed by atoms with Crippen molar-refractivity contribution >= 4 is 49.6 Å². The number of rotatable bonds is 9. The summed E-state index contributed by atoms with van der Waals surface area (Å²) in [6.07, 6.45) is 10.6. The minimum atomic E-state index is -0.719. The van der Waals surface area contributed by atoms with Crippen LogP contribution in [-0.4, -0.2) is 91.1 Å². The zero-order valence-electron chi connectivity index (χ0n) is 41.9. The maximum atomic E-state index is 14.8. The van der Waals surface area contributed by atoms with Crippen LogP contribution in [0, 0.1) is 11.8 Å². The number of carbonyl (C=O) groups is 2. The van der Waals surface area contributed by atoms with Crippen LogP contribution < -0.4 is 15.4 Å². The van der Waals surface area contributed by atoms with Gasteiger partial charge in [0.2, 0.25) is 0 Å². The first-order valence-electron chi connectivity index (χ1n) is 26.8. The second kappa shape index (κ2) is 22.2. The standard InChI is InChI=1S/C58H74N2O10S2/c1-32(63)47-17-9-36-24-37(29-61)42-16-12-39(20-23-58(68)21-4-3-5-22-58)59-57(45-25-38(30-62)55(60-47)53(36)54(42)45)70-50-28-41(65)14-7-34-10-18-48(66)56(69-2)52(34)43-15-8-33-6-13-40(64)27-44(33)46(43)31-71-72-51-19-11-35(50)26-49(51)67/h6,8,10,13,15,18,25,27,35-37,39,42,47,49-51,57,59-62,64,66-68H,3-5,7,9,11-12,14,16-17,19-24,26,28-31H2,1-2H3/t35-,36+,37-,39-,42+,47-,49+,50+,51+,57+/m1/s1. The highest BCUT2D eigenvalue weighted by atomic mass is 33.1. The number of fused-ring (bicyclic) bond motifs is 9. The SMILES string of the molecule is COc1c(O)ccc2c1-c1ccc3ccc(O)cc3c1CSS[C@H]1CC[C@H](C[C@@H]1O)[C@@H](O[C@@H]1N[C@@H](CCC3(O)CCCCC3)CC[C@@H]3c4c1cc(CO)c1c4[C@@H](CC[C@H](C(C)=O)N1)C[C@@H]3CO)CC(=O)CC2. The Morgan fingerprint density at radius 3 is 2.50 bits per heavy atom. The van der Waals surface area contributed by atoms with Crippen LogP contribution in [0.2, 0.25) is 0 Å². The Balaban J connectivity index is 1.05. The number of anilines is 1. The molecule has 0 saturated heterocycles. The lowest BCUT2D eigenvalue weighted by Gasteiger charge is -2.45. The van der Waals surface area contributed by atoms with Gasteiger partial charge in [0.1, 0.15) is 17.8 Å². The van der Waals surface area contributed by atoms with Crippen molar-refractivity contribution < 1.29 is 49.7 Å². The van der Waals surface area contributed by atoms with E-state index in [2.05, 4.69) is 10.6 Å². The molecule has 8 N–H and O–H groups in total. The van der Waals surface area contributed by atoms with Crippen molar-refractivity contribution in [2.75, 3.05) is 19.0 Å². The van der Waals surface area contributed by atoms with Gasteiger partial charge in [0, 0.05) is 53.3 Å². The molecule has 14 heteroatoms. The normalized spacial score (nSPS) is 29.7. The van der Waals surface area contributed by atoms with E-state index in [1.807, 2.05) is 30.3 Å². The number of aliphatic hydroxyl groups is 4. The molecule has 12 nitrogen and oxygen atoms in total. The van der Waals surface area contributed by atoms with Gasteiger partial charge in [-0.2, -0.15) is 0 Å². The van der Waals surface area contributed by atoms with Crippen molar-refractivity contribution in [3.05, 3.63) is 81.9 Å². The number of ketones is 2. The summed E-state index contributed by atoms with van der Waals surface area (Å²) in [4.78, 5) is 27.8. The van der Waals surface area contributed by atoms with Gasteiger partial charge in [-0.1, -0.05) is 65.1 Å². The van der Waals surface area contributed by atoms with Gasteiger partial charge in [0.25, 0.3) is 0 Å². The Morgan fingerprint density at radius 2 is 1.74 bits per heavy atom. The van der Waals surface area contributed by atoms with E-state index in [4.69, 9.17) is 9.47 Å². The molecular formula is C58H74N2O10S2. The smallest absolute Gasteiger partial charge is 0.168 e. The summed E-state index contributed by atoms with van der Waals surface area (Å²) in [5.74, 6) is 0.950. The number of ether oxygens (including phenoxy) is 2. The molecule has 10 atom stereocenters. The molecule has 72 heavy (non-hydrogen) atoms. The number of phenols is 2. The van der Waals surface area contributed by atoms with Crippen LogP contribution >= 0.6 is 21.6 Å². The number of carbonyl (C=O) groups excluding carboxylic acids is 2. The van der Waals surface area contributed by atoms with Gasteiger partial charge in [-0.25, -0.2) is 0 Å². The Morgan fingerprint density at radius 1 is 0.917 bits per heavy atom. The molecule has 4 heterocycles. The quantitative estimate of drug-likeness (QED) is 0.0737. The summed E-state index contributed by atoms with van der Waals surface area (Å²) in [6, 6.07) is 14.5. The third kappa shape index (κ3) is 10.5. The molecule has 0 amide bonds. The van der Waals surface area contributed by atoms with Crippen LogP contribution in [0.25, 0.3) is 21.9 Å². The van der Waals surface area contributed by atoms with Crippen molar-refractivity contribution in [3.8, 4) is 28.4 Å². The lowest BCUT2D eigenvalue weighted by Crippen LogP contribution is -2.45. The summed E-state index contributed by atoms with van der Waals surface area (Å²) >= 11 is 0. The first-order chi connectivity index (χ1) is 34.8. The molecule has 4 aliphatic heterocycles. The van der Waals surface area contributed by atoms with Crippen LogP contribution in [0.5, 0.6) is 17.2 Å². The average Bonchev–Trinajstić information content (AvgIpc) is 3.56. The van der Waals surface area contributed by atoms with E-state index < -0.39 is 24.0 Å². The zero-order chi connectivity index (χ0) is 50.3. The summed E-state index contributed by atoms with van der Waals surface area (Å²) in [6.45, 7) is 1.39. The molecule has 0 radical (unpaired) electrons. The molecule has 0 spiro atoms. The number of hydrogen-bond acceptors (Lipinski definition) is 14. The molecule has 7 aliphatic rings. The molecule has 0 aromatic heterocycles. The van der Waals surface area contributed by atoms with Gasteiger partial charge < -0.3 is 45.4 Å². The highest BCUT2D eigenvalue weighted by molar-refractivity contribution is 8.76. The fourth-order valence-corrected chi connectivity index (χ4v) is 16.7. The fourth-order valence-electron chi connectivity index (χ4n) is 13.8. The monoisotopic (exact) mass is 1020 g/mol. The van der Waals surface area contributed by atoms with Crippen LogP contribution in [0.4, 0.5) is 5.69 Å². The van der Waals surface area contributed by atoms with Crippen LogP contribution in [0.15, 0.2) is 48.5 Å². The van der Waals surface area contributed by atoms with E-state index in [0.29, 0.717) is 54.7 Å². The second-order valence-electron chi connectivity index (χ2n) is 22.1. The maximum Gasteiger partial charge on any atom is 0.168 e. The van der Waals surface area contributed by atoms with Gasteiger partial charge in [-0.15, -0.1) is 0 Å². The van der Waals surface area contributed by atoms with E-state index in [9.17, 15) is 40.2 Å². The van der Waals surface area contributed by atoms with Crippen LogP contribution in [0.3, 0.4) is 0 Å². The predicted octanol–water partition coefficient (Wildman–Crippen LogP) is 10.4. The topological polar surface area (TPSA) is 198 Å². The number of hydrogen-bond donors (Lipinski definition) is 8. The van der Waals surface area contributed by atoms with E-state index in [-0.39, 0.29) is 90.1 Å². The zero-order valence-corrected chi connectivity index (χ0v) is 43.5. The summed E-state index contributed by atoms with van der Waals surface area (Å²) in [5, 5.41) is 77.5. The van der Waals surface area contributed by atoms with Gasteiger partial charge in [-0.05, 0) is 182 Å². The van der Waals surface area contributed by atoms with E-state index in [1.54, 1.807) is 46.7 Å². The number of nitrogens with one attached hydrogen (secondary N) is 2. The Bertz CT molecular complexity index is 2640. The van der Waals surface area contributed by atoms with E-state index in [0.717, 1.165) is 120 Å². The van der Waals surface area contributed by atoms with E-state index in [1.165, 1.54) is 7.11 Å². The largest absolute Gasteiger partial charge is 0.508 e. The van der Waals surface area contributed by atoms with Gasteiger partial charge in [-0.3, -0.25) is 14.9 Å². The van der Waals surface area contributed by atoms with Crippen LogP contribution in [-0.2, 0) is 33.1 Å². The molecular weight excluding hydrogens is 949 g/mol. The first-order valence-corrected chi connectivity index (χ1v) is 29.2. The average molecular weight is 1020 g/mol. The molecule has 2 saturated carbocycles. The lowest BCUT2D eigenvalue weighted by atomic mass is 9.65. The minimum Gasteiger partial charge on any atom is -0.508 e. The predicted molar refractivity (Wildman–Crippen MR) is 285 cm³/mol. The van der Waals surface area contributed by atoms with Gasteiger partial charge in [0.05, 0.1) is 37.6 Å². The first kappa shape index (κ1) is 51.6. The molecule has 0 unspecified atom stereocenters. The number of aliphatic hydroxyl groups excluding tert-OH is 3. The molecule has 4 aromatic rings. The Kier molecular flexibility index (Phi) is 15.9. The van der Waals surface area contributed by atoms with Crippen molar-refractivity contribution in [3.63, 3.8) is 0 Å². The molecule has 3 aliphatic carbocycles. The lowest BCUT2D eigenvalue weighted by molar-refractivity contribution is -0.129. The molecule has 4 aromatic carbocycles. The third-order valence-corrected chi connectivity index (χ3v) is 20.5. The van der Waals surface area contributed by atoms with E-state index >= 15 is 0 Å². The number of phenolic OH excluding ortho intramolecular Hbond substituents is 2. The highest BCUT2D eigenvalue weighted by Gasteiger charge is 2.45. The minimum absolute atomic E-state index is 0.00859. The van der Waals surface area contributed by atoms with Crippen molar-refractivity contribution in [1.82, 2.24) is 5.32 Å². The van der Waals surface area contributed by atoms with Crippen molar-refractivity contribution in [2.45, 2.75) is 188 Å². The third-order valence-electron chi connectivity index (χ3n) is 17.7. The van der Waals surface area contributed by atoms with Crippen molar-refractivity contribution in [2.24, 2.45) is 11.8 Å². The maximum absolute atomic E-state index is 14.8.